The maximum absolute atomic E-state index is 12.9. The third-order valence-corrected chi connectivity index (χ3v) is 5.29. The molecule has 2 aromatic heterocycles. The molecule has 0 bridgehead atoms. The van der Waals surface area contributed by atoms with Crippen LogP contribution in [0.2, 0.25) is 0 Å². The molecule has 3 rings (SSSR count). The van der Waals surface area contributed by atoms with Crippen LogP contribution in [0.3, 0.4) is 0 Å². The van der Waals surface area contributed by atoms with Gasteiger partial charge in [-0.2, -0.15) is 0 Å². The van der Waals surface area contributed by atoms with Gasteiger partial charge >= 0.3 is 0 Å². The van der Waals surface area contributed by atoms with Gasteiger partial charge in [-0.1, -0.05) is 34.6 Å². The van der Waals surface area contributed by atoms with E-state index >= 15 is 0 Å². The fourth-order valence-electron chi connectivity index (χ4n) is 2.85. The second kappa shape index (κ2) is 8.93. The van der Waals surface area contributed by atoms with Gasteiger partial charge in [-0.25, -0.2) is 4.98 Å². The van der Waals surface area contributed by atoms with Crippen molar-refractivity contribution in [2.75, 3.05) is 7.11 Å². The van der Waals surface area contributed by atoms with E-state index in [0.717, 1.165) is 28.3 Å². The number of benzene rings is 1. The molecule has 0 fully saturated rings. The molecule has 1 N–H and O–H groups in total. The van der Waals surface area contributed by atoms with Crippen LogP contribution in [-0.4, -0.2) is 23.2 Å². The molecule has 1 aromatic carbocycles. The Morgan fingerprint density at radius 3 is 2.82 bits per heavy atom. The van der Waals surface area contributed by atoms with E-state index in [1.165, 1.54) is 11.8 Å². The topological polar surface area (TPSA) is 77.2 Å². The summed E-state index contributed by atoms with van der Waals surface area (Å²) in [5.41, 5.74) is 3.40. The molecule has 0 aliphatic rings. The van der Waals surface area contributed by atoms with E-state index in [-0.39, 0.29) is 11.9 Å². The number of rotatable bonds is 7. The van der Waals surface area contributed by atoms with Crippen LogP contribution in [0.25, 0.3) is 0 Å². The third-order valence-electron chi connectivity index (χ3n) is 4.25. The van der Waals surface area contributed by atoms with E-state index in [9.17, 15) is 4.79 Å². The number of carbonyl (C=O) groups is 1. The van der Waals surface area contributed by atoms with Gasteiger partial charge < -0.3 is 14.6 Å². The Balaban J connectivity index is 1.75. The van der Waals surface area contributed by atoms with E-state index in [0.29, 0.717) is 16.3 Å². The summed E-state index contributed by atoms with van der Waals surface area (Å²) in [6, 6.07) is 11.1. The van der Waals surface area contributed by atoms with Crippen molar-refractivity contribution in [3.63, 3.8) is 0 Å². The third kappa shape index (κ3) is 4.72. The van der Waals surface area contributed by atoms with Gasteiger partial charge in [0.05, 0.1) is 24.4 Å². The van der Waals surface area contributed by atoms with Crippen molar-refractivity contribution in [3.8, 4) is 5.75 Å². The molecule has 146 valence electrons. The Morgan fingerprint density at radius 2 is 2.11 bits per heavy atom. The van der Waals surface area contributed by atoms with Gasteiger partial charge in [-0.3, -0.25) is 4.79 Å². The van der Waals surface area contributed by atoms with Crippen molar-refractivity contribution in [1.82, 2.24) is 15.5 Å². The first-order chi connectivity index (χ1) is 13.5. The predicted molar refractivity (Wildman–Crippen MR) is 109 cm³/mol. The molecular weight excluding hydrogens is 374 g/mol. The number of pyridine rings is 1. The van der Waals surface area contributed by atoms with E-state index < -0.39 is 0 Å². The first-order valence-corrected chi connectivity index (χ1v) is 9.92. The van der Waals surface area contributed by atoms with Gasteiger partial charge in [0, 0.05) is 23.6 Å². The molecule has 0 spiro atoms. The monoisotopic (exact) mass is 397 g/mol. The lowest BCUT2D eigenvalue weighted by Gasteiger charge is -2.18. The number of amides is 1. The summed E-state index contributed by atoms with van der Waals surface area (Å²) in [6.07, 6.45) is 1.68. The Bertz CT molecular complexity index is 971. The molecule has 1 amide bonds. The van der Waals surface area contributed by atoms with E-state index in [2.05, 4.69) is 15.5 Å². The van der Waals surface area contributed by atoms with Crippen LogP contribution in [0.1, 0.15) is 45.9 Å². The van der Waals surface area contributed by atoms with Crippen LogP contribution >= 0.6 is 11.8 Å². The van der Waals surface area contributed by atoms with Crippen LogP contribution in [0.5, 0.6) is 5.75 Å². The predicted octanol–water partition coefficient (Wildman–Crippen LogP) is 4.48. The van der Waals surface area contributed by atoms with Crippen LogP contribution < -0.4 is 10.1 Å². The smallest absolute Gasteiger partial charge is 0.254 e. The number of thioether (sulfide) groups is 1. The van der Waals surface area contributed by atoms with E-state index in [1.54, 1.807) is 25.4 Å². The Morgan fingerprint density at radius 1 is 1.29 bits per heavy atom. The lowest BCUT2D eigenvalue weighted by molar-refractivity contribution is 0.0936. The number of methoxy groups -OCH3 is 1. The minimum atomic E-state index is -0.210. The molecule has 1 atom stereocenters. The minimum Gasteiger partial charge on any atom is -0.496 e. The van der Waals surface area contributed by atoms with Crippen molar-refractivity contribution < 1.29 is 14.1 Å². The number of aryl methyl sites for hydroxylation is 2. The average Bonchev–Trinajstić information content (AvgIpc) is 3.11. The second-order valence-electron chi connectivity index (χ2n) is 6.51. The lowest BCUT2D eigenvalue weighted by atomic mass is 10.0. The molecule has 0 aliphatic heterocycles. The molecule has 0 aliphatic carbocycles. The number of ether oxygens (including phenoxy) is 1. The highest BCUT2D eigenvalue weighted by molar-refractivity contribution is 7.98. The summed E-state index contributed by atoms with van der Waals surface area (Å²) >= 11 is 1.46. The second-order valence-corrected chi connectivity index (χ2v) is 7.48. The maximum Gasteiger partial charge on any atom is 0.254 e. The molecule has 7 heteroatoms. The average molecular weight is 398 g/mol. The Hall–Kier alpha value is -2.80. The summed E-state index contributed by atoms with van der Waals surface area (Å²) in [5.74, 6) is 1.91. The standard InChI is InChI=1S/C21H23N3O3S/c1-13-7-8-19(26-4)18(10-13)15(3)23-20(25)17-6-5-9-22-21(17)28-12-16-11-14(2)27-24-16/h5-11,15H,12H2,1-4H3,(H,23,25). The Kier molecular flexibility index (Phi) is 6.36. The largest absolute Gasteiger partial charge is 0.496 e. The van der Waals surface area contributed by atoms with E-state index in [4.69, 9.17) is 9.26 Å². The maximum atomic E-state index is 12.9. The molecule has 6 nitrogen and oxygen atoms in total. The van der Waals surface area contributed by atoms with Crippen molar-refractivity contribution >= 4 is 17.7 Å². The molecular formula is C21H23N3O3S. The molecule has 0 saturated carbocycles. The van der Waals surface area contributed by atoms with Crippen molar-refractivity contribution in [1.29, 1.82) is 0 Å². The first kappa shape index (κ1) is 19.9. The SMILES string of the molecule is COc1ccc(C)cc1C(C)NC(=O)c1cccnc1SCc1cc(C)on1. The number of carbonyl (C=O) groups excluding carboxylic acids is 1. The fraction of sp³-hybridized carbons (Fsp3) is 0.286. The van der Waals surface area contributed by atoms with Crippen LogP contribution in [0.4, 0.5) is 0 Å². The first-order valence-electron chi connectivity index (χ1n) is 8.93. The number of nitrogens with zero attached hydrogens (tertiary/aromatic N) is 2. The van der Waals surface area contributed by atoms with E-state index in [1.807, 2.05) is 45.0 Å². The van der Waals surface area contributed by atoms with Gasteiger partial charge in [0.25, 0.3) is 5.91 Å². The van der Waals surface area contributed by atoms with Gasteiger partial charge in [-0.15, -0.1) is 0 Å². The van der Waals surface area contributed by atoms with Gasteiger partial charge in [0.15, 0.2) is 0 Å². The van der Waals surface area contributed by atoms with Crippen LogP contribution in [-0.2, 0) is 5.75 Å². The van der Waals surface area contributed by atoms with Crippen LogP contribution in [0, 0.1) is 13.8 Å². The summed E-state index contributed by atoms with van der Waals surface area (Å²) in [6.45, 7) is 5.80. The summed E-state index contributed by atoms with van der Waals surface area (Å²) in [5, 5.41) is 7.69. The quantitative estimate of drug-likeness (QED) is 0.593. The van der Waals surface area contributed by atoms with Gasteiger partial charge in [-0.05, 0) is 39.0 Å². The molecule has 3 aromatic rings. The van der Waals surface area contributed by atoms with Gasteiger partial charge in [0.1, 0.15) is 16.5 Å². The number of hydrogen-bond acceptors (Lipinski definition) is 6. The zero-order valence-electron chi connectivity index (χ0n) is 16.4. The van der Waals surface area contributed by atoms with Crippen LogP contribution in [0.15, 0.2) is 52.1 Å². The molecule has 2 heterocycles. The lowest BCUT2D eigenvalue weighted by Crippen LogP contribution is -2.27. The van der Waals surface area contributed by atoms with Crippen molar-refractivity contribution in [2.24, 2.45) is 0 Å². The molecule has 28 heavy (non-hydrogen) atoms. The number of nitrogens with one attached hydrogen (secondary N) is 1. The highest BCUT2D eigenvalue weighted by Gasteiger charge is 2.18. The highest BCUT2D eigenvalue weighted by atomic mass is 32.2. The van der Waals surface area contributed by atoms with Crippen molar-refractivity contribution in [3.05, 3.63) is 70.7 Å². The zero-order chi connectivity index (χ0) is 20.1. The molecule has 1 unspecified atom stereocenters. The molecule has 0 radical (unpaired) electrons. The number of aromatic nitrogens is 2. The minimum absolute atomic E-state index is 0.178. The highest BCUT2D eigenvalue weighted by Crippen LogP contribution is 2.28. The summed E-state index contributed by atoms with van der Waals surface area (Å²) in [7, 11) is 1.63. The normalized spacial score (nSPS) is 11.9. The summed E-state index contributed by atoms with van der Waals surface area (Å²) in [4.78, 5) is 17.3. The van der Waals surface area contributed by atoms with Gasteiger partial charge in [0.2, 0.25) is 0 Å². The fourth-order valence-corrected chi connectivity index (χ4v) is 3.72. The number of hydrogen-bond donors (Lipinski definition) is 1. The Labute approximate surface area is 168 Å². The summed E-state index contributed by atoms with van der Waals surface area (Å²) < 4.78 is 10.5. The van der Waals surface area contributed by atoms with Crippen molar-refractivity contribution in [2.45, 2.75) is 37.6 Å². The molecule has 0 saturated heterocycles. The zero-order valence-corrected chi connectivity index (χ0v) is 17.2.